The number of nitrogens with one attached hydrogen (secondary N) is 2. The van der Waals surface area contributed by atoms with Crippen molar-refractivity contribution in [2.45, 2.75) is 50.6 Å². The molecule has 0 saturated carbocycles. The molecule has 2 atom stereocenters. The molecule has 10 heteroatoms. The molecule has 0 heterocycles. The highest BCUT2D eigenvalue weighted by Crippen LogP contribution is 2.06. The van der Waals surface area contributed by atoms with Crippen molar-refractivity contribution in [2.24, 2.45) is 0 Å². The first-order chi connectivity index (χ1) is 12.4. The Hall–Kier alpha value is -1.42. The van der Waals surface area contributed by atoms with Gasteiger partial charge in [0.05, 0.1) is 14.2 Å². The number of ether oxygens (including phenoxy) is 2. The van der Waals surface area contributed by atoms with Gasteiger partial charge in [0.25, 0.3) is 0 Å². The Balaban J connectivity index is 3.86. The van der Waals surface area contributed by atoms with Crippen LogP contribution in [0.1, 0.15) is 38.5 Å². The lowest BCUT2D eigenvalue weighted by atomic mass is 10.1. The third-order valence-electron chi connectivity index (χ3n) is 3.56. The molecular formula is C16H28N2O6S2. The van der Waals surface area contributed by atoms with Crippen LogP contribution in [0.4, 0.5) is 0 Å². The molecule has 2 amide bonds. The summed E-state index contributed by atoms with van der Waals surface area (Å²) in [7, 11) is 2.51. The second-order valence-corrected chi connectivity index (χ2v) is 6.30. The Labute approximate surface area is 164 Å². The number of hydrogen-bond acceptors (Lipinski definition) is 8. The summed E-state index contributed by atoms with van der Waals surface area (Å²) in [5, 5.41) is 5.13. The fraction of sp³-hybridized carbons (Fsp3) is 0.750. The van der Waals surface area contributed by atoms with Crippen LogP contribution in [0, 0.1) is 0 Å². The second kappa shape index (κ2) is 14.7. The van der Waals surface area contributed by atoms with E-state index in [4.69, 9.17) is 0 Å². The van der Waals surface area contributed by atoms with Gasteiger partial charge in [0, 0.05) is 24.3 Å². The maximum atomic E-state index is 11.8. The van der Waals surface area contributed by atoms with E-state index >= 15 is 0 Å². The number of carbonyl (C=O) groups excluding carboxylic acids is 4. The maximum absolute atomic E-state index is 11.8. The molecule has 0 aliphatic heterocycles. The van der Waals surface area contributed by atoms with Gasteiger partial charge in [-0.2, -0.15) is 25.3 Å². The summed E-state index contributed by atoms with van der Waals surface area (Å²) >= 11 is 8.00. The number of methoxy groups -OCH3 is 2. The summed E-state index contributed by atoms with van der Waals surface area (Å²) in [4.78, 5) is 46.2. The Morgan fingerprint density at radius 1 is 0.731 bits per heavy atom. The summed E-state index contributed by atoms with van der Waals surface area (Å²) in [5.41, 5.74) is 0. The standard InChI is InChI=1S/C16H28N2O6S2/c1-23-15(21)11(9-25)17-13(19)7-5-3-4-6-8-14(20)18-12(10-26)16(22)24-2/h11-12,25-26H,3-10H2,1-2H3,(H,17,19)(H,18,20)/t11-,12-/m0/s1. The second-order valence-electron chi connectivity index (χ2n) is 5.57. The van der Waals surface area contributed by atoms with E-state index in [0.29, 0.717) is 12.8 Å². The molecule has 2 N–H and O–H groups in total. The van der Waals surface area contributed by atoms with Gasteiger partial charge in [-0.25, -0.2) is 9.59 Å². The van der Waals surface area contributed by atoms with Gasteiger partial charge in [-0.3, -0.25) is 9.59 Å². The van der Waals surface area contributed by atoms with Gasteiger partial charge in [0.1, 0.15) is 12.1 Å². The van der Waals surface area contributed by atoms with E-state index in [1.54, 1.807) is 0 Å². The first kappa shape index (κ1) is 24.6. The lowest BCUT2D eigenvalue weighted by molar-refractivity contribution is -0.144. The highest BCUT2D eigenvalue weighted by atomic mass is 32.1. The third kappa shape index (κ3) is 10.5. The largest absolute Gasteiger partial charge is 0.467 e. The van der Waals surface area contributed by atoms with Crippen molar-refractivity contribution in [3.05, 3.63) is 0 Å². The molecule has 0 aromatic rings. The predicted octanol–water partition coefficient (Wildman–Crippen LogP) is 0.502. The molecule has 0 aromatic carbocycles. The van der Waals surface area contributed by atoms with E-state index < -0.39 is 24.0 Å². The summed E-state index contributed by atoms with van der Waals surface area (Å²) < 4.78 is 9.13. The Morgan fingerprint density at radius 2 is 1.08 bits per heavy atom. The summed E-state index contributed by atoms with van der Waals surface area (Å²) in [5.74, 6) is -1.17. The first-order valence-electron chi connectivity index (χ1n) is 8.35. The number of hydrogen-bond donors (Lipinski definition) is 4. The van der Waals surface area contributed by atoms with Crippen molar-refractivity contribution < 1.29 is 28.7 Å². The zero-order chi connectivity index (χ0) is 19.9. The molecule has 0 saturated heterocycles. The smallest absolute Gasteiger partial charge is 0.329 e. The SMILES string of the molecule is COC(=O)[C@H](CS)NC(=O)CCCCCCC(=O)N[C@@H](CS)C(=O)OC. The van der Waals surface area contributed by atoms with Crippen LogP contribution in [-0.2, 0) is 28.7 Å². The number of esters is 2. The maximum Gasteiger partial charge on any atom is 0.329 e. The molecule has 0 aliphatic rings. The first-order valence-corrected chi connectivity index (χ1v) is 9.62. The molecule has 0 rings (SSSR count). The minimum absolute atomic E-state index is 0.173. The Morgan fingerprint density at radius 3 is 1.35 bits per heavy atom. The van der Waals surface area contributed by atoms with Crippen molar-refractivity contribution in [3.8, 4) is 0 Å². The summed E-state index contributed by atoms with van der Waals surface area (Å²) in [6.45, 7) is 0. The topological polar surface area (TPSA) is 111 Å². The van der Waals surface area contributed by atoms with Crippen LogP contribution in [0.5, 0.6) is 0 Å². The number of amides is 2. The highest BCUT2D eigenvalue weighted by Gasteiger charge is 2.20. The van der Waals surface area contributed by atoms with Crippen LogP contribution in [0.25, 0.3) is 0 Å². The zero-order valence-electron chi connectivity index (χ0n) is 15.2. The normalized spacial score (nSPS) is 12.6. The van der Waals surface area contributed by atoms with Gasteiger partial charge < -0.3 is 20.1 Å². The highest BCUT2D eigenvalue weighted by molar-refractivity contribution is 7.80. The van der Waals surface area contributed by atoms with Gasteiger partial charge >= 0.3 is 11.9 Å². The van der Waals surface area contributed by atoms with Gasteiger partial charge in [-0.1, -0.05) is 12.8 Å². The van der Waals surface area contributed by atoms with Crippen LogP contribution in [-0.4, -0.2) is 61.6 Å². The lowest BCUT2D eigenvalue weighted by Gasteiger charge is -2.14. The molecule has 0 aromatic heterocycles. The molecular weight excluding hydrogens is 380 g/mol. The fourth-order valence-electron chi connectivity index (χ4n) is 2.10. The van der Waals surface area contributed by atoms with Crippen LogP contribution in [0.3, 0.4) is 0 Å². The van der Waals surface area contributed by atoms with Gasteiger partial charge in [-0.15, -0.1) is 0 Å². The monoisotopic (exact) mass is 408 g/mol. The third-order valence-corrected chi connectivity index (χ3v) is 4.29. The van der Waals surface area contributed by atoms with Crippen molar-refractivity contribution in [2.75, 3.05) is 25.7 Å². The van der Waals surface area contributed by atoms with Gasteiger partial charge in [0.2, 0.25) is 11.8 Å². The van der Waals surface area contributed by atoms with Crippen molar-refractivity contribution >= 4 is 49.0 Å². The zero-order valence-corrected chi connectivity index (χ0v) is 16.9. The van der Waals surface area contributed by atoms with Crippen molar-refractivity contribution in [3.63, 3.8) is 0 Å². The van der Waals surface area contributed by atoms with E-state index in [1.165, 1.54) is 14.2 Å². The van der Waals surface area contributed by atoms with Crippen LogP contribution in [0.15, 0.2) is 0 Å². The van der Waals surface area contributed by atoms with E-state index in [0.717, 1.165) is 12.8 Å². The molecule has 0 fully saturated rings. The minimum atomic E-state index is -0.742. The van der Waals surface area contributed by atoms with Crippen molar-refractivity contribution in [1.29, 1.82) is 0 Å². The Kier molecular flexibility index (Phi) is 13.9. The quantitative estimate of drug-likeness (QED) is 0.201. The number of rotatable bonds is 13. The van der Waals surface area contributed by atoms with E-state index in [9.17, 15) is 19.2 Å². The van der Waals surface area contributed by atoms with Crippen LogP contribution >= 0.6 is 25.3 Å². The Bertz CT molecular complexity index is 434. The number of carbonyl (C=O) groups is 4. The number of thiol groups is 2. The molecule has 8 nitrogen and oxygen atoms in total. The van der Waals surface area contributed by atoms with E-state index in [1.807, 2.05) is 0 Å². The predicted molar refractivity (Wildman–Crippen MR) is 103 cm³/mol. The lowest BCUT2D eigenvalue weighted by Crippen LogP contribution is -2.42. The van der Waals surface area contributed by atoms with Gasteiger partial charge in [-0.05, 0) is 12.8 Å². The fourth-order valence-corrected chi connectivity index (χ4v) is 2.58. The van der Waals surface area contributed by atoms with Crippen LogP contribution in [0.2, 0.25) is 0 Å². The van der Waals surface area contributed by atoms with E-state index in [-0.39, 0.29) is 36.2 Å². The summed E-state index contributed by atoms with van der Waals surface area (Å²) in [6, 6.07) is -1.48. The summed E-state index contributed by atoms with van der Waals surface area (Å²) in [6.07, 6.45) is 3.43. The van der Waals surface area contributed by atoms with E-state index in [2.05, 4.69) is 45.4 Å². The molecule has 0 unspecified atom stereocenters. The molecule has 0 spiro atoms. The molecule has 26 heavy (non-hydrogen) atoms. The average molecular weight is 409 g/mol. The molecule has 0 bridgehead atoms. The minimum Gasteiger partial charge on any atom is -0.467 e. The van der Waals surface area contributed by atoms with Crippen molar-refractivity contribution in [1.82, 2.24) is 10.6 Å². The molecule has 0 aliphatic carbocycles. The van der Waals surface area contributed by atoms with Crippen LogP contribution < -0.4 is 10.6 Å². The average Bonchev–Trinajstić information content (AvgIpc) is 2.65. The van der Waals surface area contributed by atoms with Gasteiger partial charge in [0.15, 0.2) is 0 Å². The number of unbranched alkanes of at least 4 members (excludes halogenated alkanes) is 3. The molecule has 0 radical (unpaired) electrons. The molecule has 150 valence electrons.